The van der Waals surface area contributed by atoms with E-state index < -0.39 is 11.9 Å². The fraction of sp³-hybridized carbons (Fsp3) is 0.0909. The standard InChI is InChI=1S/C11H7Br2FOS/c12-6-1-2-7(10(14)3-6)11(15)8-4-16-5-9(8)13/h1-5,11,15H. The largest absolute Gasteiger partial charge is 0.383 e. The summed E-state index contributed by atoms with van der Waals surface area (Å²) >= 11 is 7.96. The van der Waals surface area contributed by atoms with Crippen LogP contribution in [0.4, 0.5) is 4.39 Å². The fourth-order valence-corrected chi connectivity index (χ4v) is 3.24. The molecule has 1 N–H and O–H groups in total. The molecule has 1 aromatic carbocycles. The number of aliphatic hydroxyl groups is 1. The van der Waals surface area contributed by atoms with E-state index in [-0.39, 0.29) is 5.56 Å². The highest BCUT2D eigenvalue weighted by atomic mass is 79.9. The number of halogens is 3. The van der Waals surface area contributed by atoms with Crippen molar-refractivity contribution in [2.75, 3.05) is 0 Å². The predicted molar refractivity (Wildman–Crippen MR) is 70.2 cm³/mol. The molecule has 0 spiro atoms. The molecule has 1 atom stereocenters. The lowest BCUT2D eigenvalue weighted by Crippen LogP contribution is -2.01. The van der Waals surface area contributed by atoms with E-state index in [1.54, 1.807) is 17.5 Å². The Morgan fingerprint density at radius 3 is 2.50 bits per heavy atom. The third-order valence-electron chi connectivity index (χ3n) is 2.19. The van der Waals surface area contributed by atoms with E-state index >= 15 is 0 Å². The number of thiophene rings is 1. The molecule has 0 aliphatic heterocycles. The average molecular weight is 366 g/mol. The van der Waals surface area contributed by atoms with Gasteiger partial charge in [-0.15, -0.1) is 0 Å². The molecule has 1 aromatic heterocycles. The molecule has 0 saturated carbocycles. The highest BCUT2D eigenvalue weighted by Gasteiger charge is 2.18. The van der Waals surface area contributed by atoms with E-state index in [2.05, 4.69) is 31.9 Å². The second-order valence-electron chi connectivity index (χ2n) is 3.24. The lowest BCUT2D eigenvalue weighted by atomic mass is 10.0. The van der Waals surface area contributed by atoms with Crippen LogP contribution in [0.15, 0.2) is 37.9 Å². The van der Waals surface area contributed by atoms with E-state index in [9.17, 15) is 9.50 Å². The highest BCUT2D eigenvalue weighted by molar-refractivity contribution is 9.10. The molecule has 1 unspecified atom stereocenters. The lowest BCUT2D eigenvalue weighted by molar-refractivity contribution is 0.214. The first-order valence-electron chi connectivity index (χ1n) is 4.44. The Balaban J connectivity index is 2.41. The van der Waals surface area contributed by atoms with Crippen LogP contribution in [0, 0.1) is 5.82 Å². The van der Waals surface area contributed by atoms with Crippen LogP contribution in [-0.2, 0) is 0 Å². The topological polar surface area (TPSA) is 20.2 Å². The second kappa shape index (κ2) is 4.96. The normalized spacial score (nSPS) is 12.8. The van der Waals surface area contributed by atoms with Gasteiger partial charge in [-0.1, -0.05) is 22.0 Å². The van der Waals surface area contributed by atoms with Gasteiger partial charge in [-0.2, -0.15) is 11.3 Å². The Bertz CT molecular complexity index is 512. The van der Waals surface area contributed by atoms with E-state index in [0.717, 1.165) is 4.47 Å². The van der Waals surface area contributed by atoms with E-state index in [1.807, 2.05) is 5.38 Å². The number of benzene rings is 1. The minimum atomic E-state index is -0.936. The lowest BCUT2D eigenvalue weighted by Gasteiger charge is -2.11. The van der Waals surface area contributed by atoms with Gasteiger partial charge in [0.05, 0.1) is 0 Å². The molecule has 0 fully saturated rings. The molecule has 0 saturated heterocycles. The van der Waals surface area contributed by atoms with Gasteiger partial charge in [0.25, 0.3) is 0 Å². The van der Waals surface area contributed by atoms with Crippen LogP contribution in [-0.4, -0.2) is 5.11 Å². The summed E-state index contributed by atoms with van der Waals surface area (Å²) in [5.74, 6) is -0.417. The van der Waals surface area contributed by atoms with Gasteiger partial charge in [0.15, 0.2) is 0 Å². The monoisotopic (exact) mass is 364 g/mol. The summed E-state index contributed by atoms with van der Waals surface area (Å²) in [5, 5.41) is 13.7. The van der Waals surface area contributed by atoms with Crippen molar-refractivity contribution in [1.29, 1.82) is 0 Å². The maximum atomic E-state index is 13.6. The van der Waals surface area contributed by atoms with Crippen LogP contribution in [0.25, 0.3) is 0 Å². The third-order valence-corrected chi connectivity index (χ3v) is 4.44. The third kappa shape index (κ3) is 2.37. The summed E-state index contributed by atoms with van der Waals surface area (Å²) in [6, 6.07) is 4.63. The van der Waals surface area contributed by atoms with Gasteiger partial charge in [0, 0.05) is 25.5 Å². The van der Waals surface area contributed by atoms with Gasteiger partial charge in [0.2, 0.25) is 0 Å². The van der Waals surface area contributed by atoms with Crippen molar-refractivity contribution < 1.29 is 9.50 Å². The summed E-state index contributed by atoms with van der Waals surface area (Å²) < 4.78 is 15.1. The summed E-state index contributed by atoms with van der Waals surface area (Å²) in [6.07, 6.45) is -0.936. The summed E-state index contributed by atoms with van der Waals surface area (Å²) in [6.45, 7) is 0. The van der Waals surface area contributed by atoms with Gasteiger partial charge in [0.1, 0.15) is 11.9 Å². The maximum absolute atomic E-state index is 13.6. The Hall–Kier alpha value is -0.230. The molecular formula is C11H7Br2FOS. The van der Waals surface area contributed by atoms with Gasteiger partial charge in [-0.05, 0) is 33.4 Å². The molecule has 0 aliphatic rings. The molecule has 2 rings (SSSR count). The second-order valence-corrected chi connectivity index (χ2v) is 5.76. The van der Waals surface area contributed by atoms with Crippen LogP contribution in [0.3, 0.4) is 0 Å². The first kappa shape index (κ1) is 12.2. The molecule has 16 heavy (non-hydrogen) atoms. The maximum Gasteiger partial charge on any atom is 0.130 e. The average Bonchev–Trinajstić information content (AvgIpc) is 2.63. The molecule has 0 aliphatic carbocycles. The Morgan fingerprint density at radius 1 is 1.19 bits per heavy atom. The van der Waals surface area contributed by atoms with Crippen molar-refractivity contribution in [3.8, 4) is 0 Å². The molecule has 84 valence electrons. The number of hydrogen-bond acceptors (Lipinski definition) is 2. The molecule has 0 radical (unpaired) electrons. The molecule has 1 heterocycles. The van der Waals surface area contributed by atoms with Crippen molar-refractivity contribution in [1.82, 2.24) is 0 Å². The van der Waals surface area contributed by atoms with Crippen molar-refractivity contribution in [3.05, 3.63) is 54.8 Å². The van der Waals surface area contributed by atoms with Crippen molar-refractivity contribution in [3.63, 3.8) is 0 Å². The van der Waals surface area contributed by atoms with Gasteiger partial charge >= 0.3 is 0 Å². The molecule has 1 nitrogen and oxygen atoms in total. The van der Waals surface area contributed by atoms with Crippen molar-refractivity contribution in [2.24, 2.45) is 0 Å². The van der Waals surface area contributed by atoms with Gasteiger partial charge in [-0.25, -0.2) is 4.39 Å². The minimum Gasteiger partial charge on any atom is -0.383 e. The van der Waals surface area contributed by atoms with E-state index in [1.165, 1.54) is 17.4 Å². The smallest absolute Gasteiger partial charge is 0.130 e. The predicted octanol–water partition coefficient (Wildman–Crippen LogP) is 4.49. The Kier molecular flexibility index (Phi) is 3.79. The van der Waals surface area contributed by atoms with Crippen molar-refractivity contribution in [2.45, 2.75) is 6.10 Å². The number of hydrogen-bond donors (Lipinski definition) is 1. The Morgan fingerprint density at radius 2 is 1.94 bits per heavy atom. The summed E-state index contributed by atoms with van der Waals surface area (Å²) in [5.41, 5.74) is 0.966. The zero-order valence-corrected chi connectivity index (χ0v) is 11.9. The SMILES string of the molecule is OC(c1ccc(Br)cc1F)c1cscc1Br. The van der Waals surface area contributed by atoms with Gasteiger partial charge in [-0.3, -0.25) is 0 Å². The van der Waals surface area contributed by atoms with Crippen LogP contribution >= 0.6 is 43.2 Å². The van der Waals surface area contributed by atoms with Crippen LogP contribution in [0.2, 0.25) is 0 Å². The van der Waals surface area contributed by atoms with E-state index in [0.29, 0.717) is 10.0 Å². The van der Waals surface area contributed by atoms with Crippen LogP contribution in [0.5, 0.6) is 0 Å². The summed E-state index contributed by atoms with van der Waals surface area (Å²) in [4.78, 5) is 0. The molecule has 0 amide bonds. The molecule has 2 aromatic rings. The van der Waals surface area contributed by atoms with Crippen molar-refractivity contribution >= 4 is 43.2 Å². The van der Waals surface area contributed by atoms with Crippen LogP contribution in [0.1, 0.15) is 17.2 Å². The number of aliphatic hydroxyl groups excluding tert-OH is 1. The van der Waals surface area contributed by atoms with Gasteiger partial charge < -0.3 is 5.11 Å². The first-order valence-corrected chi connectivity index (χ1v) is 6.97. The van der Waals surface area contributed by atoms with Crippen LogP contribution < -0.4 is 0 Å². The molecule has 5 heteroatoms. The fourth-order valence-electron chi connectivity index (χ4n) is 1.38. The zero-order chi connectivity index (χ0) is 11.7. The quantitative estimate of drug-likeness (QED) is 0.831. The zero-order valence-electron chi connectivity index (χ0n) is 7.95. The number of rotatable bonds is 2. The molecular weight excluding hydrogens is 359 g/mol. The molecule has 0 bridgehead atoms. The minimum absolute atomic E-state index is 0.280. The first-order chi connectivity index (χ1) is 7.59. The summed E-state index contributed by atoms with van der Waals surface area (Å²) in [7, 11) is 0. The Labute approximate surface area is 113 Å². The highest BCUT2D eigenvalue weighted by Crippen LogP contribution is 2.33. The van der Waals surface area contributed by atoms with E-state index in [4.69, 9.17) is 0 Å².